The molecule has 3 nitrogen and oxygen atoms in total. The van der Waals surface area contributed by atoms with E-state index in [2.05, 4.69) is 13.8 Å². The van der Waals surface area contributed by atoms with Crippen LogP contribution in [0.2, 0.25) is 0 Å². The molecule has 1 saturated carbocycles. The van der Waals surface area contributed by atoms with Crippen molar-refractivity contribution in [3.8, 4) is 11.5 Å². The summed E-state index contributed by atoms with van der Waals surface area (Å²) in [4.78, 5) is 0. The summed E-state index contributed by atoms with van der Waals surface area (Å²) < 4.78 is 11.6. The van der Waals surface area contributed by atoms with Gasteiger partial charge in [-0.05, 0) is 43.2 Å². The predicted octanol–water partition coefficient (Wildman–Crippen LogP) is 3.85. The zero-order valence-corrected chi connectivity index (χ0v) is 12.6. The molecular weight excluding hydrogens is 252 g/mol. The normalized spacial score (nSPS) is 31.5. The van der Waals surface area contributed by atoms with Gasteiger partial charge in [-0.3, -0.25) is 0 Å². The Morgan fingerprint density at radius 3 is 2.80 bits per heavy atom. The maximum Gasteiger partial charge on any atom is 0.129 e. The minimum Gasteiger partial charge on any atom is -0.497 e. The molecule has 1 heterocycles. The van der Waals surface area contributed by atoms with Gasteiger partial charge in [0.15, 0.2) is 0 Å². The van der Waals surface area contributed by atoms with Crippen molar-refractivity contribution in [3.63, 3.8) is 0 Å². The fourth-order valence-electron chi connectivity index (χ4n) is 3.94. The third-order valence-corrected chi connectivity index (χ3v) is 4.76. The molecule has 3 heteroatoms. The van der Waals surface area contributed by atoms with E-state index in [0.717, 1.165) is 29.9 Å². The lowest BCUT2D eigenvalue weighted by atomic mass is 9.67. The van der Waals surface area contributed by atoms with Gasteiger partial charge in [0.25, 0.3) is 0 Å². The molecule has 1 aliphatic carbocycles. The smallest absolute Gasteiger partial charge is 0.129 e. The molecule has 110 valence electrons. The van der Waals surface area contributed by atoms with Gasteiger partial charge in [-0.15, -0.1) is 0 Å². The number of rotatable bonds is 1. The van der Waals surface area contributed by atoms with Crippen LogP contribution >= 0.6 is 0 Å². The van der Waals surface area contributed by atoms with Crippen LogP contribution in [-0.2, 0) is 0 Å². The molecule has 2 unspecified atom stereocenters. The summed E-state index contributed by atoms with van der Waals surface area (Å²) in [5.41, 5.74) is 0.967. The number of aliphatic hydroxyl groups is 1. The van der Waals surface area contributed by atoms with E-state index in [4.69, 9.17) is 9.47 Å². The number of fused-ring (bicyclic) bond motifs is 1. The van der Waals surface area contributed by atoms with Crippen molar-refractivity contribution in [2.75, 3.05) is 7.11 Å². The van der Waals surface area contributed by atoms with Crippen LogP contribution in [-0.4, -0.2) is 17.8 Å². The van der Waals surface area contributed by atoms with Crippen LogP contribution in [0.1, 0.15) is 57.6 Å². The number of hydrogen-bond acceptors (Lipinski definition) is 3. The van der Waals surface area contributed by atoms with Gasteiger partial charge in [0.05, 0.1) is 13.2 Å². The quantitative estimate of drug-likeness (QED) is 0.846. The first kappa shape index (κ1) is 13.7. The number of aliphatic hydroxyl groups excluding tert-OH is 1. The highest BCUT2D eigenvalue weighted by molar-refractivity contribution is 5.44. The lowest BCUT2D eigenvalue weighted by Crippen LogP contribution is -2.47. The molecule has 0 saturated heterocycles. The van der Waals surface area contributed by atoms with E-state index in [1.54, 1.807) is 7.11 Å². The number of benzene rings is 1. The topological polar surface area (TPSA) is 38.7 Å². The summed E-state index contributed by atoms with van der Waals surface area (Å²) in [6.45, 7) is 4.59. The summed E-state index contributed by atoms with van der Waals surface area (Å²) in [6, 6.07) is 5.70. The fourth-order valence-corrected chi connectivity index (χ4v) is 3.94. The standard InChI is InChI=1S/C17H24O3/c1-16(2)7-4-8-17(11-16)10-14(18)13-6-5-12(19-3)9-15(13)20-17/h5-6,9,14,18H,4,7-8,10-11H2,1-3H3. The van der Waals surface area contributed by atoms with E-state index in [1.165, 1.54) is 12.8 Å². The minimum absolute atomic E-state index is 0.208. The lowest BCUT2D eigenvalue weighted by molar-refractivity contribution is -0.0677. The van der Waals surface area contributed by atoms with E-state index < -0.39 is 6.10 Å². The molecular formula is C17H24O3. The van der Waals surface area contributed by atoms with Crippen LogP contribution in [0, 0.1) is 5.41 Å². The number of hydrogen-bond donors (Lipinski definition) is 1. The highest BCUT2D eigenvalue weighted by Crippen LogP contribution is 2.51. The monoisotopic (exact) mass is 276 g/mol. The molecule has 1 aromatic rings. The second-order valence-electron chi connectivity index (χ2n) is 7.10. The van der Waals surface area contributed by atoms with E-state index in [1.807, 2.05) is 18.2 Å². The van der Waals surface area contributed by atoms with E-state index in [-0.39, 0.29) is 11.0 Å². The molecule has 2 atom stereocenters. The fraction of sp³-hybridized carbons (Fsp3) is 0.647. The van der Waals surface area contributed by atoms with Crippen molar-refractivity contribution in [1.29, 1.82) is 0 Å². The van der Waals surface area contributed by atoms with Crippen molar-refractivity contribution in [3.05, 3.63) is 23.8 Å². The van der Waals surface area contributed by atoms with Crippen molar-refractivity contribution in [1.82, 2.24) is 0 Å². The van der Waals surface area contributed by atoms with Gasteiger partial charge in [-0.2, -0.15) is 0 Å². The van der Waals surface area contributed by atoms with Gasteiger partial charge in [0.1, 0.15) is 17.1 Å². The maximum atomic E-state index is 10.5. The Morgan fingerprint density at radius 1 is 1.30 bits per heavy atom. The van der Waals surface area contributed by atoms with Crippen LogP contribution in [0.15, 0.2) is 18.2 Å². The Balaban J connectivity index is 1.94. The molecule has 1 aromatic carbocycles. The highest BCUT2D eigenvalue weighted by atomic mass is 16.5. The zero-order chi connectivity index (χ0) is 14.4. The van der Waals surface area contributed by atoms with Crippen LogP contribution in [0.5, 0.6) is 11.5 Å². The second-order valence-corrected chi connectivity index (χ2v) is 7.10. The first-order valence-electron chi connectivity index (χ1n) is 7.48. The molecule has 1 fully saturated rings. The van der Waals surface area contributed by atoms with Crippen molar-refractivity contribution in [2.45, 2.75) is 57.7 Å². The maximum absolute atomic E-state index is 10.5. The van der Waals surface area contributed by atoms with Crippen molar-refractivity contribution >= 4 is 0 Å². The van der Waals surface area contributed by atoms with E-state index in [9.17, 15) is 5.11 Å². The summed E-state index contributed by atoms with van der Waals surface area (Å²) in [5.74, 6) is 1.57. The average Bonchev–Trinajstić information content (AvgIpc) is 2.36. The zero-order valence-electron chi connectivity index (χ0n) is 12.6. The first-order valence-corrected chi connectivity index (χ1v) is 7.48. The van der Waals surface area contributed by atoms with Crippen molar-refractivity contribution < 1.29 is 14.6 Å². The molecule has 1 aliphatic heterocycles. The highest BCUT2D eigenvalue weighted by Gasteiger charge is 2.46. The average molecular weight is 276 g/mol. The lowest BCUT2D eigenvalue weighted by Gasteiger charge is -2.48. The molecule has 0 bridgehead atoms. The summed E-state index contributed by atoms with van der Waals surface area (Å²) in [5, 5.41) is 10.5. The van der Waals surface area contributed by atoms with Gasteiger partial charge in [-0.25, -0.2) is 0 Å². The summed E-state index contributed by atoms with van der Waals surface area (Å²) in [6.07, 6.45) is 4.71. The van der Waals surface area contributed by atoms with Gasteiger partial charge < -0.3 is 14.6 Å². The second kappa shape index (κ2) is 4.66. The molecule has 1 N–H and O–H groups in total. The molecule has 0 radical (unpaired) electrons. The van der Waals surface area contributed by atoms with Crippen molar-refractivity contribution in [2.24, 2.45) is 5.41 Å². The Hall–Kier alpha value is -1.22. The Labute approximate surface area is 120 Å². The van der Waals surface area contributed by atoms with Gasteiger partial charge in [0.2, 0.25) is 0 Å². The number of ether oxygens (including phenoxy) is 2. The predicted molar refractivity (Wildman–Crippen MR) is 78.2 cm³/mol. The third-order valence-electron chi connectivity index (χ3n) is 4.76. The SMILES string of the molecule is COc1ccc2c(c1)OC1(CCCC(C)(C)C1)CC2O. The molecule has 20 heavy (non-hydrogen) atoms. The van der Waals surface area contributed by atoms with Gasteiger partial charge >= 0.3 is 0 Å². The minimum atomic E-state index is -0.432. The van der Waals surface area contributed by atoms with Gasteiger partial charge in [0, 0.05) is 18.1 Å². The third kappa shape index (κ3) is 2.39. The molecule has 2 aliphatic rings. The Morgan fingerprint density at radius 2 is 2.10 bits per heavy atom. The summed E-state index contributed by atoms with van der Waals surface area (Å²) >= 11 is 0. The van der Waals surface area contributed by atoms with Gasteiger partial charge in [-0.1, -0.05) is 13.8 Å². The van der Waals surface area contributed by atoms with Crippen LogP contribution < -0.4 is 9.47 Å². The first-order chi connectivity index (χ1) is 9.43. The molecule has 0 amide bonds. The Bertz CT molecular complexity index is 509. The summed E-state index contributed by atoms with van der Waals surface area (Å²) in [7, 11) is 1.65. The number of methoxy groups -OCH3 is 1. The van der Waals surface area contributed by atoms with E-state index in [0.29, 0.717) is 6.42 Å². The van der Waals surface area contributed by atoms with Crippen LogP contribution in [0.4, 0.5) is 0 Å². The molecule has 1 spiro atoms. The van der Waals surface area contributed by atoms with E-state index >= 15 is 0 Å². The molecule has 3 rings (SSSR count). The van der Waals surface area contributed by atoms with Crippen LogP contribution in [0.25, 0.3) is 0 Å². The van der Waals surface area contributed by atoms with Crippen LogP contribution in [0.3, 0.4) is 0 Å². The molecule has 0 aromatic heterocycles. The largest absolute Gasteiger partial charge is 0.497 e. The Kier molecular flexibility index (Phi) is 3.20.